The van der Waals surface area contributed by atoms with E-state index in [4.69, 9.17) is 0 Å². The average molecular weight is 633 g/mol. The van der Waals surface area contributed by atoms with Gasteiger partial charge < -0.3 is 0 Å². The molecule has 0 heterocycles. The summed E-state index contributed by atoms with van der Waals surface area (Å²) in [6.45, 7) is 17.7. The van der Waals surface area contributed by atoms with Crippen molar-refractivity contribution in [2.45, 2.75) is 55.4 Å². The topological polar surface area (TPSA) is 0 Å². The molecule has 0 amide bonds. The van der Waals surface area contributed by atoms with Gasteiger partial charge in [0.25, 0.3) is 0 Å². The highest BCUT2D eigenvalue weighted by Crippen LogP contribution is 2.41. The van der Waals surface area contributed by atoms with E-state index >= 15 is 0 Å². The smallest absolute Gasteiger partial charge is 0.000861 e. The minimum Gasteiger partial charge on any atom is -0.0609 e. The predicted molar refractivity (Wildman–Crippen MR) is 205 cm³/mol. The molecule has 0 aromatic heterocycles. The van der Waals surface area contributed by atoms with E-state index in [2.05, 4.69) is 177 Å². The van der Waals surface area contributed by atoms with Gasteiger partial charge in [-0.2, -0.15) is 0 Å². The van der Waals surface area contributed by atoms with Gasteiger partial charge >= 0.3 is 0 Å². The van der Waals surface area contributed by atoms with Crippen molar-refractivity contribution < 1.29 is 0 Å². The van der Waals surface area contributed by atoms with Crippen LogP contribution in [-0.4, -0.2) is 0 Å². The fourth-order valence-corrected chi connectivity index (χ4v) is 12.4. The zero-order valence-electron chi connectivity index (χ0n) is 28.3. The molecule has 6 rings (SSSR count). The van der Waals surface area contributed by atoms with Crippen LogP contribution < -0.4 is 31.8 Å². The van der Waals surface area contributed by atoms with Crippen molar-refractivity contribution in [2.24, 2.45) is 0 Å². The maximum Gasteiger partial charge on any atom is -0.000861 e. The number of rotatable bonds is 7. The van der Waals surface area contributed by atoms with Crippen molar-refractivity contribution in [1.29, 1.82) is 0 Å². The summed E-state index contributed by atoms with van der Waals surface area (Å²) in [5, 5.41) is 8.16. The number of hydrogen-bond donors (Lipinski definition) is 0. The Kier molecular flexibility index (Phi) is 9.43. The van der Waals surface area contributed by atoms with E-state index in [9.17, 15) is 0 Å². The Morgan fingerprint density at radius 2 is 0.587 bits per heavy atom. The quantitative estimate of drug-likeness (QED) is 0.154. The molecule has 0 nitrogen and oxygen atoms in total. The van der Waals surface area contributed by atoms with Gasteiger partial charge in [-0.1, -0.05) is 154 Å². The van der Waals surface area contributed by atoms with Gasteiger partial charge in [-0.15, -0.1) is 0 Å². The van der Waals surface area contributed by atoms with Gasteiger partial charge in [0.05, 0.1) is 0 Å². The molecule has 0 saturated heterocycles. The van der Waals surface area contributed by atoms with Crippen LogP contribution in [0, 0.1) is 67.5 Å². The molecule has 0 unspecified atom stereocenters. The summed E-state index contributed by atoms with van der Waals surface area (Å²) in [5.41, 5.74) is 12.7. The Bertz CT molecular complexity index is 1720. The molecule has 228 valence electrons. The van der Waals surface area contributed by atoms with E-state index in [0.717, 1.165) is 11.1 Å². The highest BCUT2D eigenvalue weighted by atomic mass is 31.1. The van der Waals surface area contributed by atoms with Crippen LogP contribution in [-0.2, 0) is 0 Å². The largest absolute Gasteiger partial charge is 0.0609 e. The lowest BCUT2D eigenvalue weighted by molar-refractivity contribution is 1.40. The van der Waals surface area contributed by atoms with Crippen LogP contribution in [0.5, 0.6) is 0 Å². The molecular weight excluding hydrogens is 590 g/mol. The zero-order chi connectivity index (χ0) is 32.5. The van der Waals surface area contributed by atoms with Crippen molar-refractivity contribution in [3.63, 3.8) is 0 Å². The molecule has 0 atom stereocenters. The summed E-state index contributed by atoms with van der Waals surface area (Å²) < 4.78 is 0. The summed E-state index contributed by atoms with van der Waals surface area (Å²) >= 11 is 0. The van der Waals surface area contributed by atoms with Crippen LogP contribution in [0.4, 0.5) is 0 Å². The second-order valence-corrected chi connectivity index (χ2v) is 17.3. The molecule has 0 spiro atoms. The summed E-state index contributed by atoms with van der Waals surface area (Å²) in [6.07, 6.45) is 0. The SMILES string of the molecule is Cc1cc(C)cc(P(c2cc(C)cc(C)c2)c2ccc[c]c2-c2[c]cccc2P(c2cc(C)cc(C)c2)c2cc(C)cc(C)c2)c1. The van der Waals surface area contributed by atoms with E-state index in [-0.39, 0.29) is 0 Å². The normalized spacial score (nSPS) is 11.4. The van der Waals surface area contributed by atoms with Crippen LogP contribution in [0.2, 0.25) is 0 Å². The fraction of sp³-hybridized carbons (Fsp3) is 0.182. The molecule has 0 fully saturated rings. The monoisotopic (exact) mass is 632 g/mol. The Morgan fingerprint density at radius 3 is 0.826 bits per heavy atom. The molecule has 46 heavy (non-hydrogen) atoms. The first kappa shape index (κ1) is 32.1. The lowest BCUT2D eigenvalue weighted by Gasteiger charge is -2.27. The molecule has 6 aromatic rings. The summed E-state index contributed by atoms with van der Waals surface area (Å²) in [5.74, 6) is 0. The van der Waals surface area contributed by atoms with Gasteiger partial charge in [0.2, 0.25) is 0 Å². The maximum atomic E-state index is 3.77. The van der Waals surface area contributed by atoms with E-state index < -0.39 is 15.8 Å². The van der Waals surface area contributed by atoms with E-state index in [1.165, 1.54) is 76.3 Å². The van der Waals surface area contributed by atoms with Gasteiger partial charge in [-0.25, -0.2) is 0 Å². The standard InChI is InChI=1S/C44H42P2/c1-29-17-30(2)22-37(21-29)45(38-23-31(3)18-32(4)24-38)43-15-11-9-13-41(43)42-14-10-12-16-44(42)46(39-25-33(5)19-34(6)26-39)40-27-35(7)20-36(8)28-40/h9-12,15-28H,1-8H3. The highest BCUT2D eigenvalue weighted by molar-refractivity contribution is 7.80. The predicted octanol–water partition coefficient (Wildman–Crippen LogP) is 8.94. The summed E-state index contributed by atoms with van der Waals surface area (Å²) in [6, 6.07) is 48.9. The number of hydrogen-bond acceptors (Lipinski definition) is 0. The fourth-order valence-electron chi connectivity index (χ4n) is 6.80. The van der Waals surface area contributed by atoms with Crippen molar-refractivity contribution in [1.82, 2.24) is 0 Å². The first-order valence-electron chi connectivity index (χ1n) is 16.0. The van der Waals surface area contributed by atoms with Crippen molar-refractivity contribution >= 4 is 47.7 Å². The van der Waals surface area contributed by atoms with Gasteiger partial charge in [-0.3, -0.25) is 0 Å². The molecular formula is C44H42P2. The van der Waals surface area contributed by atoms with Crippen molar-refractivity contribution in [2.75, 3.05) is 0 Å². The van der Waals surface area contributed by atoms with Gasteiger partial charge in [0.1, 0.15) is 0 Å². The molecule has 0 saturated carbocycles. The molecule has 0 aliphatic heterocycles. The minimum atomic E-state index is -0.860. The number of benzene rings is 6. The molecule has 2 radical (unpaired) electrons. The third kappa shape index (κ3) is 6.95. The molecule has 0 bridgehead atoms. The average Bonchev–Trinajstić information content (AvgIpc) is 2.96. The second kappa shape index (κ2) is 13.5. The zero-order valence-corrected chi connectivity index (χ0v) is 30.1. The lowest BCUT2D eigenvalue weighted by Crippen LogP contribution is -2.26. The second-order valence-electron chi connectivity index (χ2n) is 12.9. The van der Waals surface area contributed by atoms with Crippen LogP contribution in [0.15, 0.2) is 109 Å². The van der Waals surface area contributed by atoms with Crippen LogP contribution >= 0.6 is 15.8 Å². The van der Waals surface area contributed by atoms with Gasteiger partial charge in [0, 0.05) is 0 Å². The molecule has 6 aromatic carbocycles. The summed E-state index contributed by atoms with van der Waals surface area (Å²) in [7, 11) is -1.72. The van der Waals surface area contributed by atoms with Gasteiger partial charge in [0.15, 0.2) is 0 Å². The van der Waals surface area contributed by atoms with E-state index in [1.54, 1.807) is 0 Å². The Hall–Kier alpha value is -3.82. The van der Waals surface area contributed by atoms with Crippen LogP contribution in [0.25, 0.3) is 11.1 Å². The highest BCUT2D eigenvalue weighted by Gasteiger charge is 2.26. The Morgan fingerprint density at radius 1 is 0.348 bits per heavy atom. The van der Waals surface area contributed by atoms with Crippen molar-refractivity contribution in [3.05, 3.63) is 166 Å². The van der Waals surface area contributed by atoms with Crippen LogP contribution in [0.3, 0.4) is 0 Å². The Labute approximate surface area is 279 Å². The summed E-state index contributed by atoms with van der Waals surface area (Å²) in [4.78, 5) is 0. The minimum absolute atomic E-state index is 0.860. The Balaban J connectivity index is 1.64. The lowest BCUT2D eigenvalue weighted by atomic mass is 10.1. The van der Waals surface area contributed by atoms with Gasteiger partial charge in [-0.05, 0) is 126 Å². The van der Waals surface area contributed by atoms with E-state index in [0.29, 0.717) is 0 Å². The third-order valence-electron chi connectivity index (χ3n) is 8.26. The van der Waals surface area contributed by atoms with Crippen molar-refractivity contribution in [3.8, 4) is 11.1 Å². The number of aryl methyl sites for hydroxylation is 8. The molecule has 2 heteroatoms. The first-order chi connectivity index (χ1) is 22.0. The molecule has 0 aliphatic carbocycles. The first-order valence-corrected chi connectivity index (χ1v) is 18.7. The van der Waals surface area contributed by atoms with Crippen LogP contribution in [0.1, 0.15) is 44.5 Å². The molecule has 0 N–H and O–H groups in total. The maximum absolute atomic E-state index is 3.77. The molecule has 0 aliphatic rings. The third-order valence-corrected chi connectivity index (χ3v) is 13.1. The van der Waals surface area contributed by atoms with E-state index in [1.807, 2.05) is 0 Å².